The van der Waals surface area contributed by atoms with Gasteiger partial charge in [-0.3, -0.25) is 4.79 Å². The van der Waals surface area contributed by atoms with E-state index in [1.807, 2.05) is 29.2 Å². The summed E-state index contributed by atoms with van der Waals surface area (Å²) < 4.78 is 11.9. The van der Waals surface area contributed by atoms with Crippen LogP contribution >= 0.6 is 0 Å². The van der Waals surface area contributed by atoms with Gasteiger partial charge in [0.25, 0.3) is 0 Å². The molecule has 0 radical (unpaired) electrons. The molecule has 230 valence electrons. The third kappa shape index (κ3) is 6.71. The Labute approximate surface area is 262 Å². The molecule has 0 spiro atoms. The summed E-state index contributed by atoms with van der Waals surface area (Å²) in [5.41, 5.74) is 6.83. The van der Waals surface area contributed by atoms with Gasteiger partial charge < -0.3 is 24.6 Å². The number of carbonyl (C=O) groups excluding carboxylic acids is 1. The van der Waals surface area contributed by atoms with Crippen molar-refractivity contribution >= 4 is 11.6 Å². The largest absolute Gasteiger partial charge is 0.489 e. The number of carbonyl (C=O) groups is 1. The van der Waals surface area contributed by atoms with Crippen LogP contribution in [0.15, 0.2) is 96.3 Å². The molecule has 0 saturated carbocycles. The minimum absolute atomic E-state index is 0.111. The summed E-state index contributed by atoms with van der Waals surface area (Å²) in [7, 11) is 0. The molecule has 1 saturated heterocycles. The number of nitrogens with zero attached hydrogens (tertiary/aromatic N) is 2. The maximum atomic E-state index is 14.7. The van der Waals surface area contributed by atoms with Crippen LogP contribution in [0.5, 0.6) is 5.75 Å². The Morgan fingerprint density at radius 1 is 1.00 bits per heavy atom. The van der Waals surface area contributed by atoms with Crippen molar-refractivity contribution < 1.29 is 14.3 Å². The van der Waals surface area contributed by atoms with Crippen molar-refractivity contribution in [3.05, 3.63) is 119 Å². The fourth-order valence-electron chi connectivity index (χ4n) is 6.53. The first-order chi connectivity index (χ1) is 21.5. The van der Waals surface area contributed by atoms with Gasteiger partial charge in [-0.1, -0.05) is 74.5 Å². The van der Waals surface area contributed by atoms with Crippen molar-refractivity contribution in [2.45, 2.75) is 64.5 Å². The van der Waals surface area contributed by atoms with E-state index in [1.54, 1.807) is 0 Å². The molecule has 1 N–H and O–H groups in total. The monoisotopic (exact) mass is 591 g/mol. The number of rotatable bonds is 9. The zero-order valence-corrected chi connectivity index (χ0v) is 26.3. The minimum Gasteiger partial charge on any atom is -0.489 e. The summed E-state index contributed by atoms with van der Waals surface area (Å²) in [6.45, 7) is 10.9. The number of anilines is 1. The second-order valence-electron chi connectivity index (χ2n) is 12.5. The van der Waals surface area contributed by atoms with Crippen molar-refractivity contribution in [2.75, 3.05) is 37.7 Å². The lowest BCUT2D eigenvalue weighted by Crippen LogP contribution is -2.46. The first kappa shape index (κ1) is 30.0. The zero-order chi connectivity index (χ0) is 30.5. The molecule has 3 aliphatic rings. The van der Waals surface area contributed by atoms with E-state index in [9.17, 15) is 4.79 Å². The van der Waals surface area contributed by atoms with Crippen LogP contribution in [-0.2, 0) is 22.6 Å². The highest BCUT2D eigenvalue weighted by Crippen LogP contribution is 2.39. The number of hydrogen-bond acceptors (Lipinski definition) is 5. The zero-order valence-electron chi connectivity index (χ0n) is 26.3. The fourth-order valence-corrected chi connectivity index (χ4v) is 6.53. The van der Waals surface area contributed by atoms with Gasteiger partial charge in [-0.25, -0.2) is 0 Å². The number of ether oxygens (including phenoxy) is 2. The predicted octanol–water partition coefficient (Wildman–Crippen LogP) is 6.93. The van der Waals surface area contributed by atoms with Crippen molar-refractivity contribution in [3.8, 4) is 5.75 Å². The number of nitrogens with one attached hydrogen (secondary N) is 1. The molecule has 6 rings (SSSR count). The summed E-state index contributed by atoms with van der Waals surface area (Å²) >= 11 is 0. The van der Waals surface area contributed by atoms with Gasteiger partial charge in [0.15, 0.2) is 0 Å². The SMILES string of the molecule is CC1NC(N2CCOCC2)=CC=C1CN(C(=O)C1CCCc2c(OCc3ccccc3)cccc21)c1ccc(C(C)C)cc1. The van der Waals surface area contributed by atoms with Crippen LogP contribution in [-0.4, -0.2) is 49.7 Å². The van der Waals surface area contributed by atoms with E-state index in [0.717, 1.165) is 74.0 Å². The van der Waals surface area contributed by atoms with Gasteiger partial charge in [0, 0.05) is 31.4 Å². The molecule has 2 unspecified atom stereocenters. The lowest BCUT2D eigenvalue weighted by Gasteiger charge is -2.37. The molecule has 1 aliphatic carbocycles. The number of amides is 1. The second-order valence-corrected chi connectivity index (χ2v) is 12.5. The topological polar surface area (TPSA) is 54.0 Å². The van der Waals surface area contributed by atoms with Crippen molar-refractivity contribution in [2.24, 2.45) is 0 Å². The lowest BCUT2D eigenvalue weighted by molar-refractivity contribution is -0.120. The van der Waals surface area contributed by atoms with E-state index in [2.05, 4.69) is 91.7 Å². The van der Waals surface area contributed by atoms with E-state index in [-0.39, 0.29) is 17.9 Å². The van der Waals surface area contributed by atoms with E-state index in [1.165, 1.54) is 16.7 Å². The molecule has 3 aromatic carbocycles. The molecule has 2 atom stereocenters. The Hall–Kier alpha value is -4.03. The van der Waals surface area contributed by atoms with Crippen LogP contribution in [0.25, 0.3) is 0 Å². The maximum absolute atomic E-state index is 14.7. The van der Waals surface area contributed by atoms with E-state index in [4.69, 9.17) is 9.47 Å². The highest BCUT2D eigenvalue weighted by Gasteiger charge is 2.33. The van der Waals surface area contributed by atoms with E-state index < -0.39 is 0 Å². The van der Waals surface area contributed by atoms with Gasteiger partial charge in [-0.15, -0.1) is 0 Å². The number of benzene rings is 3. The molecule has 2 heterocycles. The van der Waals surface area contributed by atoms with Crippen LogP contribution < -0.4 is 15.0 Å². The Kier molecular flexibility index (Phi) is 9.37. The summed E-state index contributed by atoms with van der Waals surface area (Å²) in [6.07, 6.45) is 7.09. The predicted molar refractivity (Wildman–Crippen MR) is 177 cm³/mol. The van der Waals surface area contributed by atoms with Crippen molar-refractivity contribution in [1.82, 2.24) is 10.2 Å². The molecule has 44 heavy (non-hydrogen) atoms. The van der Waals surface area contributed by atoms with Crippen LogP contribution in [0, 0.1) is 0 Å². The molecule has 1 fully saturated rings. The first-order valence-corrected chi connectivity index (χ1v) is 16.2. The molecular weight excluding hydrogens is 546 g/mol. The van der Waals surface area contributed by atoms with Gasteiger partial charge in [0.1, 0.15) is 18.2 Å². The van der Waals surface area contributed by atoms with E-state index in [0.29, 0.717) is 19.1 Å². The fraction of sp³-hybridized carbons (Fsp3) is 0.395. The highest BCUT2D eigenvalue weighted by molar-refractivity contribution is 5.99. The first-order valence-electron chi connectivity index (χ1n) is 16.2. The molecular formula is C38H45N3O3. The Bertz CT molecular complexity index is 1490. The minimum atomic E-state index is -0.212. The Balaban J connectivity index is 1.28. The average molecular weight is 592 g/mol. The number of fused-ring (bicyclic) bond motifs is 1. The van der Waals surface area contributed by atoms with Gasteiger partial charge in [-0.2, -0.15) is 0 Å². The highest BCUT2D eigenvalue weighted by atomic mass is 16.5. The normalized spacial score (nSPS) is 19.9. The number of morpholine rings is 1. The van der Waals surface area contributed by atoms with Gasteiger partial charge >= 0.3 is 0 Å². The molecule has 6 heteroatoms. The summed E-state index contributed by atoms with van der Waals surface area (Å²) in [6, 6.07) is 25.2. The van der Waals surface area contributed by atoms with Crippen LogP contribution in [0.4, 0.5) is 5.69 Å². The molecule has 3 aromatic rings. The molecule has 0 bridgehead atoms. The summed E-state index contributed by atoms with van der Waals surface area (Å²) in [5.74, 6) is 2.40. The standard InChI is InChI=1S/C38H45N3O3/c1-27(2)30-15-18-32(19-16-30)41(25-31-17-20-37(39-28(31)3)40-21-23-43-24-22-40)38(42)35-13-7-12-34-33(35)11-8-14-36(34)44-26-29-9-5-4-6-10-29/h4-6,8-11,14-20,27-28,35,39H,7,12-13,21-26H2,1-3H3. The quantitative estimate of drug-likeness (QED) is 0.292. The summed E-state index contributed by atoms with van der Waals surface area (Å²) in [4.78, 5) is 19.0. The maximum Gasteiger partial charge on any atom is 0.234 e. The number of dihydropyridines is 1. The number of hydrogen-bond donors (Lipinski definition) is 1. The van der Waals surface area contributed by atoms with E-state index >= 15 is 0 Å². The van der Waals surface area contributed by atoms with Gasteiger partial charge in [0.2, 0.25) is 5.91 Å². The van der Waals surface area contributed by atoms with Gasteiger partial charge in [-0.05, 0) is 84.2 Å². The Morgan fingerprint density at radius 3 is 2.50 bits per heavy atom. The third-order valence-corrected chi connectivity index (χ3v) is 9.21. The van der Waals surface area contributed by atoms with Crippen molar-refractivity contribution in [1.29, 1.82) is 0 Å². The van der Waals surface area contributed by atoms with Crippen molar-refractivity contribution in [3.63, 3.8) is 0 Å². The summed E-state index contributed by atoms with van der Waals surface area (Å²) in [5, 5.41) is 3.69. The second kappa shape index (κ2) is 13.7. The molecule has 2 aliphatic heterocycles. The van der Waals surface area contributed by atoms with Gasteiger partial charge in [0.05, 0.1) is 19.1 Å². The Morgan fingerprint density at radius 2 is 1.77 bits per heavy atom. The smallest absolute Gasteiger partial charge is 0.234 e. The molecule has 0 aromatic heterocycles. The lowest BCUT2D eigenvalue weighted by atomic mass is 9.81. The molecule has 1 amide bonds. The average Bonchev–Trinajstić information content (AvgIpc) is 3.07. The molecule has 6 nitrogen and oxygen atoms in total. The van der Waals surface area contributed by atoms with Crippen LogP contribution in [0.1, 0.15) is 67.7 Å². The van der Waals surface area contributed by atoms with Crippen LogP contribution in [0.2, 0.25) is 0 Å². The third-order valence-electron chi connectivity index (χ3n) is 9.21. The van der Waals surface area contributed by atoms with Crippen LogP contribution in [0.3, 0.4) is 0 Å². The number of allylic oxidation sites excluding steroid dienone is 2.